The minimum Gasteiger partial charge on any atom is -0.369 e. The van der Waals surface area contributed by atoms with Crippen LogP contribution in [0.4, 0.5) is 0 Å². The molecule has 8 atom stereocenters. The zero-order valence-corrected chi connectivity index (χ0v) is 23.3. The Hall–Kier alpha value is -1.96. The van der Waals surface area contributed by atoms with E-state index in [9.17, 15) is 0 Å². The molecule has 0 bridgehead atoms. The van der Waals surface area contributed by atoms with Crippen LogP contribution in [-0.2, 0) is 47.4 Å². The van der Waals surface area contributed by atoms with Crippen molar-refractivity contribution >= 4 is 0 Å². The molecule has 0 saturated carbocycles. The molecule has 0 aliphatic carbocycles. The summed E-state index contributed by atoms with van der Waals surface area (Å²) in [5.41, 5.74) is 0. The van der Waals surface area contributed by atoms with E-state index in [2.05, 4.69) is 39.5 Å². The molecule has 10 heteroatoms. The Morgan fingerprint density at radius 2 is 0.800 bits per heavy atom. The summed E-state index contributed by atoms with van der Waals surface area (Å²) < 4.78 is 62.1. The molecule has 0 N–H and O–H groups in total. The van der Waals surface area contributed by atoms with Gasteiger partial charge in [-0.05, 0) is 0 Å². The average Bonchev–Trinajstić information content (AvgIpc) is 2.98. The van der Waals surface area contributed by atoms with E-state index in [0.29, 0.717) is 13.2 Å². The van der Waals surface area contributed by atoms with Crippen molar-refractivity contribution in [2.75, 3.05) is 66.1 Å². The van der Waals surface area contributed by atoms with Crippen molar-refractivity contribution in [3.63, 3.8) is 0 Å². The third-order valence-corrected chi connectivity index (χ3v) is 6.67. The SMILES string of the molecule is C=CCO[C@@H]1[C@H](OCC=C)CO[C@]2(CO[C@@]3(CO2)OC[C@@H](OCC=C)[C@@H](OCC=C)[C@@H]3OCC=C)[C@H]1OCC=C. The van der Waals surface area contributed by atoms with E-state index in [1.165, 1.54) is 0 Å². The second-order valence-electron chi connectivity index (χ2n) is 9.40. The summed E-state index contributed by atoms with van der Waals surface area (Å²) in [5, 5.41) is 0. The molecule has 0 amide bonds. The summed E-state index contributed by atoms with van der Waals surface area (Å²) >= 11 is 0. The Labute approximate surface area is 237 Å². The molecule has 3 heterocycles. The molecule has 3 aliphatic heterocycles. The molecule has 3 saturated heterocycles. The van der Waals surface area contributed by atoms with Gasteiger partial charge < -0.3 is 47.4 Å². The predicted octanol–water partition coefficient (Wildman–Crippen LogP) is 2.91. The summed E-state index contributed by atoms with van der Waals surface area (Å²) in [6.45, 7) is 24.5. The third-order valence-electron chi connectivity index (χ3n) is 6.67. The summed E-state index contributed by atoms with van der Waals surface area (Å²) in [6.07, 6.45) is 6.52. The van der Waals surface area contributed by atoms with Crippen LogP contribution in [0.25, 0.3) is 0 Å². The quantitative estimate of drug-likeness (QED) is 0.232. The average molecular weight is 565 g/mol. The van der Waals surface area contributed by atoms with Gasteiger partial charge in [0.2, 0.25) is 11.6 Å². The summed E-state index contributed by atoms with van der Waals surface area (Å²) in [7, 11) is 0. The van der Waals surface area contributed by atoms with E-state index >= 15 is 0 Å². The van der Waals surface area contributed by atoms with Gasteiger partial charge in [0.05, 0.1) is 52.9 Å². The largest absolute Gasteiger partial charge is 0.369 e. The fourth-order valence-corrected chi connectivity index (χ4v) is 4.92. The fourth-order valence-electron chi connectivity index (χ4n) is 4.92. The second kappa shape index (κ2) is 16.5. The first kappa shape index (κ1) is 32.6. The highest BCUT2D eigenvalue weighted by atomic mass is 16.8. The van der Waals surface area contributed by atoms with Gasteiger partial charge in [0, 0.05) is 0 Å². The van der Waals surface area contributed by atoms with E-state index < -0.39 is 48.2 Å². The van der Waals surface area contributed by atoms with Gasteiger partial charge in [0.1, 0.15) is 49.8 Å². The molecule has 0 radical (unpaired) electrons. The lowest BCUT2D eigenvalue weighted by Gasteiger charge is -2.56. The molecule has 3 aliphatic rings. The Morgan fingerprint density at radius 1 is 0.475 bits per heavy atom. The van der Waals surface area contributed by atoms with Crippen LogP contribution in [-0.4, -0.2) is 114 Å². The topological polar surface area (TPSA) is 92.3 Å². The van der Waals surface area contributed by atoms with Crippen LogP contribution in [0.5, 0.6) is 0 Å². The van der Waals surface area contributed by atoms with Crippen molar-refractivity contribution in [1.82, 2.24) is 0 Å². The number of hydrogen-bond acceptors (Lipinski definition) is 10. The van der Waals surface area contributed by atoms with Gasteiger partial charge in [-0.2, -0.15) is 0 Å². The predicted molar refractivity (Wildman–Crippen MR) is 149 cm³/mol. The van der Waals surface area contributed by atoms with Crippen LogP contribution in [0.1, 0.15) is 0 Å². The lowest BCUT2D eigenvalue weighted by Crippen LogP contribution is -2.74. The van der Waals surface area contributed by atoms with Gasteiger partial charge in [-0.1, -0.05) is 36.5 Å². The van der Waals surface area contributed by atoms with E-state index in [0.717, 1.165) is 0 Å². The van der Waals surface area contributed by atoms with E-state index in [4.69, 9.17) is 47.4 Å². The first-order chi connectivity index (χ1) is 19.5. The van der Waals surface area contributed by atoms with Crippen molar-refractivity contribution in [2.24, 2.45) is 0 Å². The minimum atomic E-state index is -1.31. The van der Waals surface area contributed by atoms with Crippen LogP contribution in [0.3, 0.4) is 0 Å². The molecule has 3 fully saturated rings. The van der Waals surface area contributed by atoms with Crippen LogP contribution in [0.15, 0.2) is 75.9 Å². The Bertz CT molecular complexity index is 768. The summed E-state index contributed by atoms with van der Waals surface area (Å²) in [5.74, 6) is -2.62. The monoisotopic (exact) mass is 564 g/mol. The van der Waals surface area contributed by atoms with Crippen molar-refractivity contribution in [1.29, 1.82) is 0 Å². The number of ether oxygens (including phenoxy) is 10. The van der Waals surface area contributed by atoms with Gasteiger partial charge in [0.15, 0.2) is 0 Å². The highest BCUT2D eigenvalue weighted by Gasteiger charge is 2.63. The molecule has 0 aromatic carbocycles. The molecule has 2 spiro atoms. The minimum absolute atomic E-state index is 0.0444. The van der Waals surface area contributed by atoms with Crippen molar-refractivity contribution in [3.05, 3.63) is 75.9 Å². The van der Waals surface area contributed by atoms with Crippen LogP contribution in [0, 0.1) is 0 Å². The van der Waals surface area contributed by atoms with Crippen molar-refractivity contribution in [3.8, 4) is 0 Å². The highest BCUT2D eigenvalue weighted by molar-refractivity contribution is 5.04. The lowest BCUT2D eigenvalue weighted by atomic mass is 9.92. The molecular weight excluding hydrogens is 520 g/mol. The Morgan fingerprint density at radius 3 is 1.12 bits per heavy atom. The van der Waals surface area contributed by atoms with Gasteiger partial charge >= 0.3 is 0 Å². The molecule has 0 unspecified atom stereocenters. The van der Waals surface area contributed by atoms with Crippen molar-refractivity contribution in [2.45, 2.75) is 48.2 Å². The zero-order chi connectivity index (χ0) is 28.8. The van der Waals surface area contributed by atoms with E-state index in [1.54, 1.807) is 36.5 Å². The summed E-state index contributed by atoms with van der Waals surface area (Å²) in [4.78, 5) is 0. The van der Waals surface area contributed by atoms with Gasteiger partial charge in [-0.3, -0.25) is 0 Å². The molecule has 40 heavy (non-hydrogen) atoms. The van der Waals surface area contributed by atoms with Gasteiger partial charge in [-0.15, -0.1) is 39.5 Å². The summed E-state index contributed by atoms with van der Waals surface area (Å²) in [6, 6.07) is 0. The van der Waals surface area contributed by atoms with Gasteiger partial charge in [-0.25, -0.2) is 0 Å². The molecule has 10 nitrogen and oxygen atoms in total. The van der Waals surface area contributed by atoms with Crippen LogP contribution >= 0.6 is 0 Å². The standard InChI is InChI=1S/C30H44O10/c1-7-13-31-23-19-37-29(27(35-17-11-5)25(23)33-15-9-3)21-40-30(22-39-29)28(36-18-12-6)26(34-16-10-4)24(20-38-30)32-14-8-2/h7-12,23-28H,1-6,13-22H2/t23-,24-,25-,26-,27+,28+,29-,30+/m1/s1. The van der Waals surface area contributed by atoms with Gasteiger partial charge in [0.25, 0.3) is 0 Å². The third kappa shape index (κ3) is 7.65. The normalized spacial score (nSPS) is 35.7. The first-order valence-corrected chi connectivity index (χ1v) is 13.5. The molecular formula is C30H44O10. The maximum Gasteiger partial charge on any atom is 0.222 e. The number of hydrogen-bond donors (Lipinski definition) is 0. The lowest BCUT2D eigenvalue weighted by molar-refractivity contribution is -0.457. The Kier molecular flexibility index (Phi) is 13.4. The molecule has 0 aromatic rings. The van der Waals surface area contributed by atoms with Crippen LogP contribution < -0.4 is 0 Å². The Balaban J connectivity index is 1.87. The maximum atomic E-state index is 6.50. The molecule has 3 rings (SSSR count). The van der Waals surface area contributed by atoms with Crippen LogP contribution in [0.2, 0.25) is 0 Å². The highest BCUT2D eigenvalue weighted by Crippen LogP contribution is 2.42. The van der Waals surface area contributed by atoms with E-state index in [1.807, 2.05) is 0 Å². The molecule has 0 aromatic heterocycles. The van der Waals surface area contributed by atoms with E-state index in [-0.39, 0.29) is 52.9 Å². The zero-order valence-electron chi connectivity index (χ0n) is 23.3. The second-order valence-corrected chi connectivity index (χ2v) is 9.40. The smallest absolute Gasteiger partial charge is 0.222 e. The fraction of sp³-hybridized carbons (Fsp3) is 0.600. The van der Waals surface area contributed by atoms with Crippen molar-refractivity contribution < 1.29 is 47.4 Å². The maximum absolute atomic E-state index is 6.50. The first-order valence-electron chi connectivity index (χ1n) is 13.5. The molecule has 224 valence electrons. The number of rotatable bonds is 18.